The van der Waals surface area contributed by atoms with Crippen LogP contribution in [0.1, 0.15) is 33.3 Å². The average molecular weight is 282 g/mol. The summed E-state index contributed by atoms with van der Waals surface area (Å²) in [6.45, 7) is 7.36. The molecule has 5 heteroatoms. The molecule has 0 bridgehead atoms. The third-order valence-electron chi connectivity index (χ3n) is 2.37. The predicted octanol–water partition coefficient (Wildman–Crippen LogP) is 2.01. The van der Waals surface area contributed by atoms with Gasteiger partial charge in [-0.2, -0.15) is 0 Å². The third kappa shape index (κ3) is 6.52. The van der Waals surface area contributed by atoms with Crippen molar-refractivity contribution in [3.05, 3.63) is 29.6 Å². The molecular weight excluding hydrogens is 259 g/mol. The molecule has 0 saturated carbocycles. The Labute approximate surface area is 119 Å². The number of carbonyl (C=O) groups excluding carboxylic acids is 1. The molecule has 0 radical (unpaired) electrons. The van der Waals surface area contributed by atoms with Crippen LogP contribution in [0.4, 0.5) is 4.39 Å². The first-order valence-corrected chi connectivity index (χ1v) is 6.64. The molecule has 20 heavy (non-hydrogen) atoms. The number of halogens is 1. The van der Waals surface area contributed by atoms with E-state index in [1.165, 1.54) is 12.1 Å². The predicted molar refractivity (Wildman–Crippen MR) is 77.1 cm³/mol. The summed E-state index contributed by atoms with van der Waals surface area (Å²) in [5.41, 5.74) is 6.13. The van der Waals surface area contributed by atoms with Crippen LogP contribution in [0.3, 0.4) is 0 Å². The Bertz CT molecular complexity index is 467. The summed E-state index contributed by atoms with van der Waals surface area (Å²) in [7, 11) is 0. The van der Waals surface area contributed by atoms with Gasteiger partial charge in [0.05, 0.1) is 0 Å². The van der Waals surface area contributed by atoms with Crippen LogP contribution in [0, 0.1) is 5.82 Å². The van der Waals surface area contributed by atoms with Crippen LogP contribution in [0.2, 0.25) is 0 Å². The molecule has 1 rings (SSSR count). The van der Waals surface area contributed by atoms with Crippen molar-refractivity contribution in [2.45, 2.75) is 45.7 Å². The highest BCUT2D eigenvalue weighted by atomic mass is 19.1. The number of rotatable bonds is 5. The van der Waals surface area contributed by atoms with Crippen molar-refractivity contribution in [3.8, 4) is 5.75 Å². The van der Waals surface area contributed by atoms with Crippen molar-refractivity contribution in [1.29, 1.82) is 0 Å². The highest BCUT2D eigenvalue weighted by Crippen LogP contribution is 2.17. The minimum atomic E-state index is -0.394. The van der Waals surface area contributed by atoms with Crippen LogP contribution in [0.5, 0.6) is 5.75 Å². The number of hydrogen-bond donors (Lipinski definition) is 2. The Morgan fingerprint density at radius 3 is 2.60 bits per heavy atom. The van der Waals surface area contributed by atoms with Gasteiger partial charge in [0.25, 0.3) is 5.91 Å². The number of ether oxygens (including phenoxy) is 1. The Morgan fingerprint density at radius 2 is 2.05 bits per heavy atom. The number of amides is 1. The Balaban J connectivity index is 2.64. The van der Waals surface area contributed by atoms with Gasteiger partial charge >= 0.3 is 0 Å². The van der Waals surface area contributed by atoms with E-state index in [-0.39, 0.29) is 24.1 Å². The Kier molecular flexibility index (Phi) is 5.51. The van der Waals surface area contributed by atoms with Crippen LogP contribution in [0.25, 0.3) is 0 Å². The van der Waals surface area contributed by atoms with E-state index in [4.69, 9.17) is 10.5 Å². The van der Waals surface area contributed by atoms with E-state index in [2.05, 4.69) is 5.32 Å². The van der Waals surface area contributed by atoms with Crippen LogP contribution < -0.4 is 15.8 Å². The van der Waals surface area contributed by atoms with Gasteiger partial charge in [0.1, 0.15) is 11.6 Å². The van der Waals surface area contributed by atoms with Gasteiger partial charge in [0, 0.05) is 17.6 Å². The standard InChI is InChI=1S/C15H23FN2O2/c1-10(17)5-11-6-12(16)8-13(7-11)20-9-14(19)18-15(2,3)4/h6-8,10H,5,9,17H2,1-4H3,(H,18,19). The molecule has 3 N–H and O–H groups in total. The van der Waals surface area contributed by atoms with E-state index >= 15 is 0 Å². The summed E-state index contributed by atoms with van der Waals surface area (Å²) in [5.74, 6) is -0.297. The fourth-order valence-corrected chi connectivity index (χ4v) is 1.80. The van der Waals surface area contributed by atoms with E-state index in [1.54, 1.807) is 6.07 Å². The topological polar surface area (TPSA) is 64.3 Å². The summed E-state index contributed by atoms with van der Waals surface area (Å²) >= 11 is 0. The minimum Gasteiger partial charge on any atom is -0.484 e. The Hall–Kier alpha value is -1.62. The van der Waals surface area contributed by atoms with Gasteiger partial charge in [-0.1, -0.05) is 0 Å². The maximum Gasteiger partial charge on any atom is 0.258 e. The lowest BCUT2D eigenvalue weighted by Crippen LogP contribution is -2.43. The SMILES string of the molecule is CC(N)Cc1cc(F)cc(OCC(=O)NC(C)(C)C)c1. The second-order valence-corrected chi connectivity index (χ2v) is 6.06. The van der Waals surface area contributed by atoms with Gasteiger partial charge in [-0.15, -0.1) is 0 Å². The lowest BCUT2D eigenvalue weighted by atomic mass is 10.1. The summed E-state index contributed by atoms with van der Waals surface area (Å²) in [6, 6.07) is 4.32. The van der Waals surface area contributed by atoms with E-state index < -0.39 is 5.82 Å². The fraction of sp³-hybridized carbons (Fsp3) is 0.533. The van der Waals surface area contributed by atoms with Crippen molar-refractivity contribution in [3.63, 3.8) is 0 Å². The molecule has 1 aromatic rings. The maximum absolute atomic E-state index is 13.5. The first kappa shape index (κ1) is 16.4. The highest BCUT2D eigenvalue weighted by molar-refractivity contribution is 5.78. The largest absolute Gasteiger partial charge is 0.484 e. The molecular formula is C15H23FN2O2. The van der Waals surface area contributed by atoms with Crippen LogP contribution in [0.15, 0.2) is 18.2 Å². The molecule has 1 unspecified atom stereocenters. The molecule has 0 spiro atoms. The quantitative estimate of drug-likeness (QED) is 0.868. The van der Waals surface area contributed by atoms with Gasteiger partial charge in [-0.25, -0.2) is 4.39 Å². The maximum atomic E-state index is 13.5. The molecule has 0 aliphatic rings. The van der Waals surface area contributed by atoms with Crippen molar-refractivity contribution in [1.82, 2.24) is 5.32 Å². The summed E-state index contributed by atoms with van der Waals surface area (Å²) in [5, 5.41) is 2.77. The molecule has 112 valence electrons. The van der Waals surface area contributed by atoms with Gasteiger partial charge in [-0.3, -0.25) is 4.79 Å². The molecule has 0 aliphatic carbocycles. The molecule has 0 fully saturated rings. The lowest BCUT2D eigenvalue weighted by Gasteiger charge is -2.20. The third-order valence-corrected chi connectivity index (χ3v) is 2.37. The monoisotopic (exact) mass is 282 g/mol. The highest BCUT2D eigenvalue weighted by Gasteiger charge is 2.14. The zero-order chi connectivity index (χ0) is 15.3. The number of hydrogen-bond acceptors (Lipinski definition) is 3. The van der Waals surface area contributed by atoms with E-state index in [0.717, 1.165) is 5.56 Å². The van der Waals surface area contributed by atoms with Gasteiger partial charge < -0.3 is 15.8 Å². The van der Waals surface area contributed by atoms with Crippen LogP contribution in [-0.2, 0) is 11.2 Å². The van der Waals surface area contributed by atoms with E-state index in [0.29, 0.717) is 12.2 Å². The second kappa shape index (κ2) is 6.70. The van der Waals surface area contributed by atoms with Gasteiger partial charge in [-0.05, 0) is 51.8 Å². The van der Waals surface area contributed by atoms with Crippen molar-refractivity contribution in [2.75, 3.05) is 6.61 Å². The molecule has 1 aromatic carbocycles. The van der Waals surface area contributed by atoms with E-state index in [1.807, 2.05) is 27.7 Å². The fourth-order valence-electron chi connectivity index (χ4n) is 1.80. The van der Waals surface area contributed by atoms with Crippen molar-refractivity contribution < 1.29 is 13.9 Å². The minimum absolute atomic E-state index is 0.0613. The molecule has 0 saturated heterocycles. The second-order valence-electron chi connectivity index (χ2n) is 6.06. The van der Waals surface area contributed by atoms with Crippen molar-refractivity contribution in [2.24, 2.45) is 5.73 Å². The molecule has 0 heterocycles. The van der Waals surface area contributed by atoms with Crippen LogP contribution in [-0.4, -0.2) is 24.1 Å². The lowest BCUT2D eigenvalue weighted by molar-refractivity contribution is -0.124. The van der Waals surface area contributed by atoms with Gasteiger partial charge in [0.2, 0.25) is 0 Å². The first-order valence-electron chi connectivity index (χ1n) is 6.64. The zero-order valence-corrected chi connectivity index (χ0v) is 12.5. The Morgan fingerprint density at radius 1 is 1.40 bits per heavy atom. The molecule has 1 amide bonds. The molecule has 4 nitrogen and oxygen atoms in total. The zero-order valence-electron chi connectivity index (χ0n) is 12.5. The van der Waals surface area contributed by atoms with E-state index in [9.17, 15) is 9.18 Å². The number of carbonyl (C=O) groups is 1. The van der Waals surface area contributed by atoms with Gasteiger partial charge in [0.15, 0.2) is 6.61 Å². The summed E-state index contributed by atoms with van der Waals surface area (Å²) in [4.78, 5) is 11.6. The van der Waals surface area contributed by atoms with Crippen LogP contribution >= 0.6 is 0 Å². The van der Waals surface area contributed by atoms with Crippen molar-refractivity contribution >= 4 is 5.91 Å². The summed E-state index contributed by atoms with van der Waals surface area (Å²) < 4.78 is 18.8. The summed E-state index contributed by atoms with van der Waals surface area (Å²) in [6.07, 6.45) is 0.558. The number of nitrogens with one attached hydrogen (secondary N) is 1. The molecule has 1 atom stereocenters. The number of nitrogens with two attached hydrogens (primary N) is 1. The average Bonchev–Trinajstić information content (AvgIpc) is 2.22. The smallest absolute Gasteiger partial charge is 0.258 e. The first-order chi connectivity index (χ1) is 9.15. The number of benzene rings is 1. The normalized spacial score (nSPS) is 12.9. The molecule has 0 aliphatic heterocycles. The molecule has 0 aromatic heterocycles.